The largest absolute Gasteiger partial charge is 0.493 e. The average molecular weight is 424 g/mol. The van der Waals surface area contributed by atoms with Crippen LogP contribution in [0.3, 0.4) is 0 Å². The molecule has 3 rings (SSSR count). The molecule has 3 aromatic carbocycles. The van der Waals surface area contributed by atoms with E-state index in [4.69, 9.17) is 10.5 Å². The van der Waals surface area contributed by atoms with Gasteiger partial charge in [-0.1, -0.05) is 60.2 Å². The molecule has 4 nitrogen and oxygen atoms in total. The van der Waals surface area contributed by atoms with Crippen molar-refractivity contribution >= 4 is 9.84 Å². The van der Waals surface area contributed by atoms with Crippen LogP contribution in [0.4, 0.5) is 0 Å². The number of benzene rings is 3. The van der Waals surface area contributed by atoms with Crippen molar-refractivity contribution in [3.05, 3.63) is 83.4 Å². The van der Waals surface area contributed by atoms with Crippen LogP contribution in [0.2, 0.25) is 0 Å². The molecule has 5 heteroatoms. The molecule has 0 radical (unpaired) electrons. The van der Waals surface area contributed by atoms with Crippen molar-refractivity contribution in [1.29, 1.82) is 0 Å². The van der Waals surface area contributed by atoms with Gasteiger partial charge < -0.3 is 10.5 Å². The number of ether oxygens (including phenoxy) is 1. The zero-order chi connectivity index (χ0) is 21.6. The number of hydrogen-bond donors (Lipinski definition) is 1. The number of hydrogen-bond acceptors (Lipinski definition) is 4. The van der Waals surface area contributed by atoms with Gasteiger partial charge >= 0.3 is 0 Å². The zero-order valence-corrected chi connectivity index (χ0v) is 18.4. The molecule has 0 saturated carbocycles. The molecule has 0 unspecified atom stereocenters. The summed E-state index contributed by atoms with van der Waals surface area (Å²) < 4.78 is 32.4. The quantitative estimate of drug-likeness (QED) is 0.530. The third-order valence-corrected chi connectivity index (χ3v) is 6.65. The van der Waals surface area contributed by atoms with Gasteiger partial charge in [0.05, 0.1) is 12.4 Å². The lowest BCUT2D eigenvalue weighted by molar-refractivity contribution is 0.331. The molecule has 158 valence electrons. The molecular weight excluding hydrogens is 394 g/mol. The summed E-state index contributed by atoms with van der Waals surface area (Å²) in [6.07, 6.45) is 1.72. The van der Waals surface area contributed by atoms with Crippen LogP contribution in [0.15, 0.2) is 71.6 Å². The van der Waals surface area contributed by atoms with Gasteiger partial charge in [0.1, 0.15) is 10.6 Å². The summed E-state index contributed by atoms with van der Waals surface area (Å²) in [4.78, 5) is 0.232. The third kappa shape index (κ3) is 5.49. The van der Waals surface area contributed by atoms with Gasteiger partial charge in [-0.25, -0.2) is 8.42 Å². The van der Waals surface area contributed by atoms with E-state index in [1.807, 2.05) is 68.4 Å². The predicted octanol–water partition coefficient (Wildman–Crippen LogP) is 4.93. The lowest BCUT2D eigenvalue weighted by Crippen LogP contribution is -2.09. The first-order valence-electron chi connectivity index (χ1n) is 10.3. The molecule has 0 aliphatic heterocycles. The van der Waals surface area contributed by atoms with Crippen molar-refractivity contribution < 1.29 is 13.2 Å². The Hall–Kier alpha value is -2.63. The van der Waals surface area contributed by atoms with E-state index in [0.717, 1.165) is 40.7 Å². The van der Waals surface area contributed by atoms with Gasteiger partial charge in [0, 0.05) is 0 Å². The van der Waals surface area contributed by atoms with Crippen molar-refractivity contribution in [2.45, 2.75) is 37.3 Å². The summed E-state index contributed by atoms with van der Waals surface area (Å²) in [5, 5.41) is 0. The van der Waals surface area contributed by atoms with Gasteiger partial charge in [0.2, 0.25) is 0 Å². The molecule has 0 heterocycles. The van der Waals surface area contributed by atoms with Crippen molar-refractivity contribution in [3.8, 4) is 16.9 Å². The van der Waals surface area contributed by atoms with Crippen LogP contribution in [0.1, 0.15) is 30.0 Å². The molecule has 30 heavy (non-hydrogen) atoms. The van der Waals surface area contributed by atoms with Gasteiger partial charge in [-0.05, 0) is 67.6 Å². The monoisotopic (exact) mass is 423 g/mol. The first kappa shape index (κ1) is 22.1. The summed E-state index contributed by atoms with van der Waals surface area (Å²) in [5.74, 6) is 0.328. The highest BCUT2D eigenvalue weighted by Gasteiger charge is 2.22. The first-order chi connectivity index (χ1) is 14.4. The summed E-state index contributed by atoms with van der Waals surface area (Å²) >= 11 is 0. The fourth-order valence-electron chi connectivity index (χ4n) is 3.51. The van der Waals surface area contributed by atoms with Crippen LogP contribution < -0.4 is 10.5 Å². The highest BCUT2D eigenvalue weighted by Crippen LogP contribution is 2.32. The minimum Gasteiger partial charge on any atom is -0.493 e. The number of rotatable bonds is 9. The van der Waals surface area contributed by atoms with Crippen molar-refractivity contribution in [2.75, 3.05) is 13.2 Å². The summed E-state index contributed by atoms with van der Waals surface area (Å²) in [7, 11) is -3.59. The number of nitrogens with two attached hydrogens (primary N) is 1. The molecule has 0 saturated heterocycles. The highest BCUT2D eigenvalue weighted by molar-refractivity contribution is 7.90. The van der Waals surface area contributed by atoms with Crippen LogP contribution in [0.5, 0.6) is 5.75 Å². The van der Waals surface area contributed by atoms with Gasteiger partial charge in [0.15, 0.2) is 9.84 Å². The molecule has 0 amide bonds. The van der Waals surface area contributed by atoms with Crippen LogP contribution >= 0.6 is 0 Å². The van der Waals surface area contributed by atoms with Crippen LogP contribution in [-0.2, 0) is 22.0 Å². The summed E-state index contributed by atoms with van der Waals surface area (Å²) in [6.45, 7) is 4.89. The van der Waals surface area contributed by atoms with E-state index in [9.17, 15) is 8.42 Å². The lowest BCUT2D eigenvalue weighted by Gasteiger charge is -2.14. The van der Waals surface area contributed by atoms with E-state index < -0.39 is 9.84 Å². The smallest absolute Gasteiger partial charge is 0.186 e. The topological polar surface area (TPSA) is 69.4 Å². The molecule has 0 atom stereocenters. The Morgan fingerprint density at radius 1 is 0.900 bits per heavy atom. The second-order valence-electron chi connectivity index (χ2n) is 7.44. The normalized spacial score (nSPS) is 11.4. The first-order valence-corrected chi connectivity index (χ1v) is 11.9. The van der Waals surface area contributed by atoms with E-state index in [-0.39, 0.29) is 10.6 Å². The minimum atomic E-state index is -3.59. The van der Waals surface area contributed by atoms with Crippen LogP contribution in [-0.4, -0.2) is 21.6 Å². The maximum absolute atomic E-state index is 13.4. The Bertz CT molecular complexity index is 1110. The molecular formula is C25H29NO3S. The second-order valence-corrected chi connectivity index (χ2v) is 9.39. The maximum Gasteiger partial charge on any atom is 0.186 e. The van der Waals surface area contributed by atoms with Gasteiger partial charge in [-0.2, -0.15) is 0 Å². The predicted molar refractivity (Wildman–Crippen MR) is 122 cm³/mol. The van der Waals surface area contributed by atoms with Gasteiger partial charge in [0.25, 0.3) is 0 Å². The van der Waals surface area contributed by atoms with Gasteiger partial charge in [-0.3, -0.25) is 0 Å². The molecule has 0 bridgehead atoms. The average Bonchev–Trinajstić information content (AvgIpc) is 2.72. The summed E-state index contributed by atoms with van der Waals surface area (Å²) in [6, 6.07) is 21.2. The maximum atomic E-state index is 13.4. The third-order valence-electron chi connectivity index (χ3n) is 4.95. The minimum absolute atomic E-state index is 0.0686. The standard InChI is InChI=1S/C25H29NO3S/c1-3-29-24-13-12-23(22-11-4-7-19(2)15-22)17-25(24)30(27,28)18-21-9-5-8-20(16-21)10-6-14-26/h4-5,7-9,11-13,15-17H,3,6,10,14,18,26H2,1-2H3. The molecule has 0 aliphatic carbocycles. The van der Waals surface area contributed by atoms with E-state index in [0.29, 0.717) is 18.9 Å². The zero-order valence-electron chi connectivity index (χ0n) is 17.6. The molecule has 0 fully saturated rings. The van der Waals surface area contributed by atoms with Crippen molar-refractivity contribution in [1.82, 2.24) is 0 Å². The SMILES string of the molecule is CCOc1ccc(-c2cccc(C)c2)cc1S(=O)(=O)Cc1cccc(CCCN)c1. The molecule has 0 aromatic heterocycles. The Balaban J connectivity index is 1.98. The fraction of sp³-hybridized carbons (Fsp3) is 0.280. The van der Waals surface area contributed by atoms with Crippen LogP contribution in [0.25, 0.3) is 11.1 Å². The summed E-state index contributed by atoms with van der Waals surface area (Å²) in [5.41, 5.74) is 10.4. The Morgan fingerprint density at radius 2 is 1.63 bits per heavy atom. The molecule has 3 aromatic rings. The van der Waals surface area contributed by atoms with Crippen molar-refractivity contribution in [3.63, 3.8) is 0 Å². The Morgan fingerprint density at radius 3 is 2.37 bits per heavy atom. The van der Waals surface area contributed by atoms with Crippen LogP contribution in [0, 0.1) is 6.92 Å². The number of aryl methyl sites for hydroxylation is 2. The van der Waals surface area contributed by atoms with Gasteiger partial charge in [-0.15, -0.1) is 0 Å². The fourth-order valence-corrected chi connectivity index (χ4v) is 5.02. The Kier molecular flexibility index (Phi) is 7.29. The van der Waals surface area contributed by atoms with E-state index in [1.54, 1.807) is 12.1 Å². The Labute approximate surface area is 179 Å². The van der Waals surface area contributed by atoms with E-state index in [1.165, 1.54) is 0 Å². The molecule has 0 spiro atoms. The molecule has 0 aliphatic rings. The van der Waals surface area contributed by atoms with E-state index in [2.05, 4.69) is 0 Å². The van der Waals surface area contributed by atoms with Crippen molar-refractivity contribution in [2.24, 2.45) is 5.73 Å². The lowest BCUT2D eigenvalue weighted by atomic mass is 10.0. The molecule has 2 N–H and O–H groups in total. The second kappa shape index (κ2) is 9.92. The van der Waals surface area contributed by atoms with E-state index >= 15 is 0 Å². The highest BCUT2D eigenvalue weighted by atomic mass is 32.2. The number of sulfone groups is 1.